The molecule has 0 bridgehead atoms. The summed E-state index contributed by atoms with van der Waals surface area (Å²) in [5, 5.41) is 23.0. The minimum absolute atomic E-state index is 0. The minimum atomic E-state index is -0.681. The van der Waals surface area contributed by atoms with Gasteiger partial charge >= 0.3 is 11.9 Å². The maximum Gasteiger partial charge on any atom is 0.320 e. The Morgan fingerprint density at radius 2 is 1.15 bits per heavy atom. The summed E-state index contributed by atoms with van der Waals surface area (Å²) in [4.78, 5) is 20.8. The maximum atomic E-state index is 10.4. The van der Waals surface area contributed by atoms with Crippen molar-refractivity contribution in [1.82, 2.24) is 10.6 Å². The molecule has 0 spiro atoms. The van der Waals surface area contributed by atoms with Crippen LogP contribution in [-0.4, -0.2) is 47.3 Å². The predicted octanol–water partition coefficient (Wildman–Crippen LogP) is 0.201. The smallest absolute Gasteiger partial charge is 0.320 e. The first-order valence-corrected chi connectivity index (χ1v) is 6.50. The van der Waals surface area contributed by atoms with Crippen LogP contribution in [0.25, 0.3) is 0 Å². The van der Waals surface area contributed by atoms with E-state index in [1.54, 1.807) is 0 Å². The van der Waals surface area contributed by atoms with Gasteiger partial charge in [-0.2, -0.15) is 0 Å². The molecule has 0 aromatic carbocycles. The van der Waals surface area contributed by atoms with Crippen LogP contribution in [-0.2, 0) is 9.59 Å². The zero-order valence-electron chi connectivity index (χ0n) is 10.8. The van der Waals surface area contributed by atoms with Crippen molar-refractivity contribution in [3.63, 3.8) is 0 Å². The largest absolute Gasteiger partial charge is 0.480 e. The molecule has 6 nitrogen and oxygen atoms in total. The second-order valence-electron chi connectivity index (χ2n) is 5.77. The van der Waals surface area contributed by atoms with E-state index < -0.39 is 11.9 Å². The summed E-state index contributed by atoms with van der Waals surface area (Å²) in [6, 6.07) is -0.454. The van der Waals surface area contributed by atoms with Crippen molar-refractivity contribution in [2.75, 3.05) is 13.1 Å². The van der Waals surface area contributed by atoms with Crippen LogP contribution in [0.5, 0.6) is 0 Å². The zero-order chi connectivity index (χ0) is 12.9. The van der Waals surface area contributed by atoms with Crippen LogP contribution in [0.4, 0.5) is 0 Å². The average Bonchev–Trinajstić information content (AvgIpc) is 3.19. The van der Waals surface area contributed by atoms with Gasteiger partial charge in [0.25, 0.3) is 0 Å². The zero-order valence-corrected chi connectivity index (χ0v) is 12.5. The van der Waals surface area contributed by atoms with Gasteiger partial charge in [-0.25, -0.2) is 0 Å². The second kappa shape index (κ2) is 6.47. The van der Waals surface area contributed by atoms with Gasteiger partial charge in [0.15, 0.2) is 0 Å². The number of rotatable bonds is 2. The topological polar surface area (TPSA) is 98.7 Å². The summed E-state index contributed by atoms with van der Waals surface area (Å²) < 4.78 is 0. The third-order valence-electron chi connectivity index (χ3n) is 4.54. The molecular weight excluding hydrogens is 307 g/mol. The van der Waals surface area contributed by atoms with Gasteiger partial charge in [0.2, 0.25) is 0 Å². The first-order chi connectivity index (χ1) is 8.58. The molecule has 2 saturated carbocycles. The van der Waals surface area contributed by atoms with Crippen molar-refractivity contribution >= 4 is 36.8 Å². The lowest BCUT2D eigenvalue weighted by Crippen LogP contribution is -2.34. The molecule has 2 saturated heterocycles. The Morgan fingerprint density at radius 1 is 0.800 bits per heavy atom. The van der Waals surface area contributed by atoms with E-state index in [1.165, 1.54) is 0 Å². The van der Waals surface area contributed by atoms with Crippen LogP contribution < -0.4 is 10.6 Å². The molecule has 0 aromatic rings. The van der Waals surface area contributed by atoms with Gasteiger partial charge in [-0.05, 0) is 49.6 Å². The first kappa shape index (κ1) is 17.5. The van der Waals surface area contributed by atoms with E-state index in [1.807, 2.05) is 0 Å². The van der Waals surface area contributed by atoms with E-state index in [9.17, 15) is 9.59 Å². The fraction of sp³-hybridized carbons (Fsp3) is 0.833. The molecule has 2 aliphatic heterocycles. The van der Waals surface area contributed by atoms with Gasteiger partial charge in [0.1, 0.15) is 12.1 Å². The first-order valence-electron chi connectivity index (χ1n) is 6.50. The molecule has 4 fully saturated rings. The fourth-order valence-electron chi connectivity index (χ4n) is 3.23. The van der Waals surface area contributed by atoms with Gasteiger partial charge in [0.05, 0.1) is 0 Å². The Balaban J connectivity index is 0.000000182. The molecule has 0 amide bonds. The fourth-order valence-corrected chi connectivity index (χ4v) is 3.23. The molecule has 20 heavy (non-hydrogen) atoms. The van der Waals surface area contributed by atoms with E-state index in [2.05, 4.69) is 10.6 Å². The Kier molecular flexibility index (Phi) is 5.66. The van der Waals surface area contributed by atoms with Gasteiger partial charge in [-0.1, -0.05) is 0 Å². The number of hydrogen-bond donors (Lipinski definition) is 4. The van der Waals surface area contributed by atoms with E-state index in [-0.39, 0.29) is 36.9 Å². The second-order valence-corrected chi connectivity index (χ2v) is 5.77. The van der Waals surface area contributed by atoms with Crippen molar-refractivity contribution in [2.45, 2.75) is 24.9 Å². The molecular formula is C12H20Cl2N2O4. The Morgan fingerprint density at radius 3 is 1.25 bits per heavy atom. The van der Waals surface area contributed by atoms with Crippen molar-refractivity contribution in [1.29, 1.82) is 0 Å². The lowest BCUT2D eigenvalue weighted by atomic mass is 10.2. The third kappa shape index (κ3) is 3.36. The average molecular weight is 327 g/mol. The molecule has 2 aliphatic carbocycles. The number of carbonyl (C=O) groups is 2. The number of hydrogen-bond acceptors (Lipinski definition) is 4. The summed E-state index contributed by atoms with van der Waals surface area (Å²) in [7, 11) is 0. The van der Waals surface area contributed by atoms with Crippen molar-refractivity contribution < 1.29 is 19.8 Å². The van der Waals surface area contributed by atoms with Crippen LogP contribution in [0, 0.1) is 23.7 Å². The molecule has 4 aliphatic rings. The summed E-state index contributed by atoms with van der Waals surface area (Å²) in [5.41, 5.74) is 0. The third-order valence-corrected chi connectivity index (χ3v) is 4.54. The van der Waals surface area contributed by atoms with E-state index in [4.69, 9.17) is 10.2 Å². The number of nitrogens with one attached hydrogen (secondary N) is 2. The standard InChI is InChI=1S/2C6H9NO2.2ClH/c2*8-6(9)5-4-1-3(4)2-7-5;;/h2*3-5,7H,1-2H2,(H,8,9);2*1H/t2*3-,4-,5+;;/m10../s1. The van der Waals surface area contributed by atoms with Crippen molar-refractivity contribution in [2.24, 2.45) is 23.7 Å². The number of carboxylic acids is 2. The van der Waals surface area contributed by atoms with E-state index >= 15 is 0 Å². The summed E-state index contributed by atoms with van der Waals surface area (Å²) in [6.45, 7) is 1.84. The van der Waals surface area contributed by atoms with Crippen LogP contribution in [0.2, 0.25) is 0 Å². The van der Waals surface area contributed by atoms with Crippen LogP contribution in [0.15, 0.2) is 0 Å². The van der Waals surface area contributed by atoms with Gasteiger partial charge in [-0.15, -0.1) is 24.8 Å². The van der Waals surface area contributed by atoms with E-state index in [0.29, 0.717) is 23.7 Å². The van der Waals surface area contributed by atoms with Gasteiger partial charge in [-0.3, -0.25) is 9.59 Å². The number of fused-ring (bicyclic) bond motifs is 2. The number of aliphatic carboxylic acids is 2. The van der Waals surface area contributed by atoms with Crippen LogP contribution in [0.1, 0.15) is 12.8 Å². The highest BCUT2D eigenvalue weighted by molar-refractivity contribution is 5.85. The Labute approximate surface area is 129 Å². The molecule has 0 aromatic heterocycles. The Hall–Kier alpha value is -0.560. The monoisotopic (exact) mass is 326 g/mol. The molecule has 116 valence electrons. The predicted molar refractivity (Wildman–Crippen MR) is 76.5 cm³/mol. The molecule has 4 N–H and O–H groups in total. The molecule has 0 radical (unpaired) electrons. The van der Waals surface area contributed by atoms with Crippen molar-refractivity contribution in [3.8, 4) is 0 Å². The molecule has 6 atom stereocenters. The number of halogens is 2. The van der Waals surface area contributed by atoms with Crippen molar-refractivity contribution in [3.05, 3.63) is 0 Å². The van der Waals surface area contributed by atoms with Crippen LogP contribution >= 0.6 is 24.8 Å². The highest BCUT2D eigenvalue weighted by atomic mass is 35.5. The van der Waals surface area contributed by atoms with Crippen LogP contribution in [0.3, 0.4) is 0 Å². The number of carboxylic acid groups (broad SMARTS) is 2. The number of piperidine rings is 2. The summed E-state index contributed by atoms with van der Waals surface area (Å²) in [5.74, 6) is 0.933. The quantitative estimate of drug-likeness (QED) is 0.578. The lowest BCUT2D eigenvalue weighted by Gasteiger charge is -2.04. The normalized spacial score (nSPS) is 41.8. The van der Waals surface area contributed by atoms with E-state index in [0.717, 1.165) is 25.9 Å². The van der Waals surface area contributed by atoms with Gasteiger partial charge in [0, 0.05) is 0 Å². The Bertz CT molecular complexity index is 360. The van der Waals surface area contributed by atoms with Gasteiger partial charge < -0.3 is 20.8 Å². The molecule has 0 unspecified atom stereocenters. The molecule has 2 heterocycles. The highest BCUT2D eigenvalue weighted by Gasteiger charge is 2.51. The maximum absolute atomic E-state index is 10.4. The minimum Gasteiger partial charge on any atom is -0.480 e. The molecule has 4 rings (SSSR count). The lowest BCUT2D eigenvalue weighted by molar-refractivity contribution is -0.140. The summed E-state index contributed by atoms with van der Waals surface area (Å²) in [6.07, 6.45) is 2.26. The SMILES string of the molecule is Cl.Cl.O=C(O)[C@@H]1NC[C@@H]2C[C@@H]21.O=C(O)[C@H]1NC[C@H]2C[C@H]21. The summed E-state index contributed by atoms with van der Waals surface area (Å²) >= 11 is 0. The molecule has 8 heteroatoms. The highest BCUT2D eigenvalue weighted by Crippen LogP contribution is 2.45.